The van der Waals surface area contributed by atoms with Gasteiger partial charge in [-0.2, -0.15) is 0 Å². The van der Waals surface area contributed by atoms with Crippen molar-refractivity contribution in [2.24, 2.45) is 5.92 Å². The zero-order chi connectivity index (χ0) is 24.3. The molecular formula is C24H24N4O4S2. The van der Waals surface area contributed by atoms with Crippen LogP contribution < -0.4 is 4.72 Å². The zero-order valence-corrected chi connectivity index (χ0v) is 20.3. The number of thiazole rings is 1. The van der Waals surface area contributed by atoms with E-state index in [1.54, 1.807) is 23.2 Å². The van der Waals surface area contributed by atoms with Crippen LogP contribution in [0.2, 0.25) is 0 Å². The first kappa shape index (κ1) is 23.7. The molecule has 0 saturated carbocycles. The number of amides is 1. The first-order valence-corrected chi connectivity index (χ1v) is 13.0. The third-order valence-corrected chi connectivity index (χ3v) is 7.30. The minimum absolute atomic E-state index is 0.0733. The summed E-state index contributed by atoms with van der Waals surface area (Å²) in [4.78, 5) is 19.7. The fourth-order valence-corrected chi connectivity index (χ4v) is 5.46. The molecule has 0 saturated heterocycles. The molecule has 4 rings (SSSR count). The average Bonchev–Trinajstić information content (AvgIpc) is 3.44. The number of rotatable bonds is 8. The predicted octanol–water partition coefficient (Wildman–Crippen LogP) is 4.88. The van der Waals surface area contributed by atoms with Crippen LogP contribution in [0.3, 0.4) is 0 Å². The molecule has 0 unspecified atom stereocenters. The van der Waals surface area contributed by atoms with Crippen LogP contribution in [0.25, 0.3) is 22.0 Å². The van der Waals surface area contributed by atoms with Gasteiger partial charge in [-0.1, -0.05) is 44.2 Å². The van der Waals surface area contributed by atoms with E-state index in [-0.39, 0.29) is 4.90 Å². The maximum atomic E-state index is 12.7. The Labute approximate surface area is 202 Å². The second-order valence-corrected chi connectivity index (χ2v) is 10.8. The number of carbonyl (C=O) groups is 1. The number of benzene rings is 2. The quantitative estimate of drug-likeness (QED) is 0.359. The summed E-state index contributed by atoms with van der Waals surface area (Å²) in [6.07, 6.45) is 4.52. The molecule has 2 heterocycles. The average molecular weight is 497 g/mol. The van der Waals surface area contributed by atoms with Gasteiger partial charge >= 0.3 is 6.09 Å². The summed E-state index contributed by atoms with van der Waals surface area (Å²) in [5.41, 5.74) is 3.14. The van der Waals surface area contributed by atoms with E-state index in [1.807, 2.05) is 46.5 Å². The molecule has 0 aliphatic rings. The van der Waals surface area contributed by atoms with Crippen molar-refractivity contribution in [2.75, 3.05) is 0 Å². The number of imidazole rings is 1. The number of sulfonamides is 1. The molecule has 2 aromatic carbocycles. The van der Waals surface area contributed by atoms with Gasteiger partial charge in [-0.3, -0.25) is 0 Å². The van der Waals surface area contributed by atoms with E-state index in [0.29, 0.717) is 23.6 Å². The molecule has 176 valence electrons. The second kappa shape index (κ2) is 9.78. The van der Waals surface area contributed by atoms with Gasteiger partial charge in [-0.25, -0.2) is 27.9 Å². The molecular weight excluding hydrogens is 472 g/mol. The first-order chi connectivity index (χ1) is 16.2. The van der Waals surface area contributed by atoms with Gasteiger partial charge in [-0.15, -0.1) is 11.3 Å². The third-order valence-electron chi connectivity index (χ3n) is 5.16. The van der Waals surface area contributed by atoms with Crippen LogP contribution in [0.4, 0.5) is 4.79 Å². The number of nitrogens with zero attached hydrogens (tertiary/aromatic N) is 3. The molecule has 0 radical (unpaired) electrons. The van der Waals surface area contributed by atoms with Gasteiger partial charge in [-0.05, 0) is 41.2 Å². The van der Waals surface area contributed by atoms with Gasteiger partial charge in [0.1, 0.15) is 0 Å². The topological polar surface area (TPSA) is 114 Å². The van der Waals surface area contributed by atoms with E-state index in [4.69, 9.17) is 5.11 Å². The summed E-state index contributed by atoms with van der Waals surface area (Å²) in [5, 5.41) is 11.7. The maximum Gasteiger partial charge on any atom is 0.418 e. The van der Waals surface area contributed by atoms with Crippen molar-refractivity contribution in [3.05, 3.63) is 77.6 Å². The predicted molar refractivity (Wildman–Crippen MR) is 131 cm³/mol. The first-order valence-electron chi connectivity index (χ1n) is 10.6. The molecule has 2 aromatic heterocycles. The van der Waals surface area contributed by atoms with Crippen LogP contribution in [-0.4, -0.2) is 34.2 Å². The number of carboxylic acid groups (broad SMARTS) is 1. The molecule has 0 atom stereocenters. The van der Waals surface area contributed by atoms with Crippen molar-refractivity contribution in [3.8, 4) is 22.0 Å². The highest BCUT2D eigenvalue weighted by Crippen LogP contribution is 2.30. The molecule has 0 aliphatic carbocycles. The van der Waals surface area contributed by atoms with Crippen molar-refractivity contribution in [1.82, 2.24) is 19.3 Å². The highest BCUT2D eigenvalue weighted by atomic mass is 32.2. The van der Waals surface area contributed by atoms with Gasteiger partial charge < -0.3 is 9.67 Å². The van der Waals surface area contributed by atoms with Crippen molar-refractivity contribution in [1.29, 1.82) is 0 Å². The molecule has 4 aromatic rings. The summed E-state index contributed by atoms with van der Waals surface area (Å²) < 4.78 is 29.0. The molecule has 1 amide bonds. The van der Waals surface area contributed by atoms with Crippen molar-refractivity contribution in [2.45, 2.75) is 31.7 Å². The Hall–Kier alpha value is -3.50. The highest BCUT2D eigenvalue weighted by Gasteiger charge is 2.22. The van der Waals surface area contributed by atoms with Crippen LogP contribution in [0.15, 0.2) is 71.3 Å². The van der Waals surface area contributed by atoms with E-state index in [9.17, 15) is 13.2 Å². The van der Waals surface area contributed by atoms with Crippen LogP contribution in [0, 0.1) is 5.92 Å². The van der Waals surface area contributed by atoms with Crippen LogP contribution in [0.5, 0.6) is 0 Å². The Bertz CT molecular complexity index is 1390. The lowest BCUT2D eigenvalue weighted by Crippen LogP contribution is -2.29. The minimum atomic E-state index is -4.23. The number of nitrogens with one attached hydrogen (secondary N) is 1. The van der Waals surface area contributed by atoms with Crippen molar-refractivity contribution >= 4 is 27.5 Å². The molecule has 0 bridgehead atoms. The summed E-state index contributed by atoms with van der Waals surface area (Å²) in [6, 6.07) is 12.6. The lowest BCUT2D eigenvalue weighted by molar-refractivity contribution is 0.201. The summed E-state index contributed by atoms with van der Waals surface area (Å²) in [6.45, 7) is 4.75. The van der Waals surface area contributed by atoms with Crippen molar-refractivity contribution in [3.63, 3.8) is 0 Å². The zero-order valence-electron chi connectivity index (χ0n) is 18.7. The minimum Gasteiger partial charge on any atom is -0.464 e. The largest absolute Gasteiger partial charge is 0.464 e. The normalized spacial score (nSPS) is 11.6. The number of hydrogen-bond donors (Lipinski definition) is 2. The van der Waals surface area contributed by atoms with Gasteiger partial charge in [0, 0.05) is 36.1 Å². The summed E-state index contributed by atoms with van der Waals surface area (Å²) in [7, 11) is -4.23. The van der Waals surface area contributed by atoms with E-state index >= 15 is 0 Å². The van der Waals surface area contributed by atoms with E-state index in [2.05, 4.69) is 23.8 Å². The van der Waals surface area contributed by atoms with Gasteiger partial charge in [0.25, 0.3) is 10.0 Å². The standard InChI is InChI=1S/C24H24N4O4S2/c1-16(2)13-18-5-8-21(34(31,32)27-24(29)30)20(14-18)19-6-3-17(4-7-19)15-28-11-9-25-22(28)23-26-10-12-33-23/h3-12,14,16,27H,13,15H2,1-2H3,(H,29,30). The number of aromatic nitrogens is 3. The Morgan fingerprint density at radius 2 is 1.82 bits per heavy atom. The highest BCUT2D eigenvalue weighted by molar-refractivity contribution is 7.90. The van der Waals surface area contributed by atoms with E-state index < -0.39 is 16.1 Å². The molecule has 2 N–H and O–H groups in total. The fourth-order valence-electron chi connectivity index (χ4n) is 3.76. The van der Waals surface area contributed by atoms with Crippen LogP contribution >= 0.6 is 11.3 Å². The Morgan fingerprint density at radius 3 is 2.47 bits per heavy atom. The van der Waals surface area contributed by atoms with Gasteiger partial charge in [0.15, 0.2) is 10.8 Å². The molecule has 0 fully saturated rings. The maximum absolute atomic E-state index is 12.7. The molecule has 8 nitrogen and oxygen atoms in total. The second-order valence-electron chi connectivity index (χ2n) is 8.25. The van der Waals surface area contributed by atoms with Crippen LogP contribution in [-0.2, 0) is 23.0 Å². The SMILES string of the molecule is CC(C)Cc1ccc(S(=O)(=O)NC(=O)O)c(-c2ccc(Cn3ccnc3-c3nccs3)cc2)c1. The van der Waals surface area contributed by atoms with Gasteiger partial charge in [0.2, 0.25) is 0 Å². The van der Waals surface area contributed by atoms with Crippen LogP contribution in [0.1, 0.15) is 25.0 Å². The molecule has 34 heavy (non-hydrogen) atoms. The smallest absolute Gasteiger partial charge is 0.418 e. The molecule has 0 aliphatic heterocycles. The summed E-state index contributed by atoms with van der Waals surface area (Å²) in [5.74, 6) is 1.17. The Balaban J connectivity index is 1.67. The Morgan fingerprint density at radius 1 is 1.09 bits per heavy atom. The third kappa shape index (κ3) is 5.35. The van der Waals surface area contributed by atoms with Crippen molar-refractivity contribution < 1.29 is 18.3 Å². The fraction of sp³-hybridized carbons (Fsp3) is 0.208. The van der Waals surface area contributed by atoms with E-state index in [1.165, 1.54) is 17.4 Å². The van der Waals surface area contributed by atoms with E-state index in [0.717, 1.165) is 28.4 Å². The van der Waals surface area contributed by atoms with Gasteiger partial charge in [0.05, 0.1) is 4.90 Å². The lowest BCUT2D eigenvalue weighted by atomic mass is 9.97. The lowest BCUT2D eigenvalue weighted by Gasteiger charge is -2.14. The summed E-state index contributed by atoms with van der Waals surface area (Å²) >= 11 is 1.52. The number of hydrogen-bond acceptors (Lipinski definition) is 6. The molecule has 10 heteroatoms. The Kier molecular flexibility index (Phi) is 6.80. The molecule has 0 spiro atoms. The monoisotopic (exact) mass is 496 g/mol.